The number of H-pyrrole nitrogens is 1. The molecule has 3 heterocycles. The van der Waals surface area contributed by atoms with Crippen LogP contribution in [0.2, 0.25) is 0 Å². The van der Waals surface area contributed by atoms with Crippen molar-refractivity contribution < 1.29 is 19.2 Å². The topological polar surface area (TPSA) is 103 Å². The monoisotopic (exact) mass is 308 g/mol. The number of hydrogen-bond donors (Lipinski definition) is 1. The summed E-state index contributed by atoms with van der Waals surface area (Å²) < 4.78 is 0. The lowest BCUT2D eigenvalue weighted by atomic mass is 10.0. The number of imidazole rings is 1. The Morgan fingerprint density at radius 3 is 2.39 bits per heavy atom. The number of imide groups is 2. The summed E-state index contributed by atoms with van der Waals surface area (Å²) in [6, 6.07) is 5.14. The molecule has 8 heteroatoms. The van der Waals surface area contributed by atoms with Crippen LogP contribution in [0, 0.1) is 0 Å². The van der Waals surface area contributed by atoms with Crippen LogP contribution in [0.3, 0.4) is 0 Å². The van der Waals surface area contributed by atoms with Gasteiger partial charge < -0.3 is 4.98 Å². The molecule has 0 radical (unpaired) electrons. The summed E-state index contributed by atoms with van der Waals surface area (Å²) in [6.45, 7) is 0. The van der Waals surface area contributed by atoms with Crippen molar-refractivity contribution in [2.75, 3.05) is 0 Å². The third-order valence-corrected chi connectivity index (χ3v) is 3.63. The van der Waals surface area contributed by atoms with Crippen LogP contribution in [0.5, 0.6) is 0 Å². The number of nitrogens with zero attached hydrogens (tertiary/aromatic N) is 3. The number of benzene rings is 1. The van der Waals surface area contributed by atoms with Crippen LogP contribution >= 0.6 is 0 Å². The fourth-order valence-corrected chi connectivity index (χ4v) is 2.62. The molecule has 0 bridgehead atoms. The molecule has 0 spiro atoms. The van der Waals surface area contributed by atoms with E-state index in [-0.39, 0.29) is 5.57 Å². The zero-order valence-electron chi connectivity index (χ0n) is 11.5. The predicted octanol–water partition coefficient (Wildman–Crippen LogP) is 0.155. The molecule has 0 fully saturated rings. The third kappa shape index (κ3) is 1.75. The van der Waals surface area contributed by atoms with Crippen LogP contribution in [0.15, 0.2) is 42.8 Å². The SMILES string of the molecule is O=C1C=CC(=O)N1N1C(=O)C=C(c2cccc3[nH]cnc23)C1=O. The van der Waals surface area contributed by atoms with E-state index < -0.39 is 23.6 Å². The second-order valence-corrected chi connectivity index (χ2v) is 4.94. The fourth-order valence-electron chi connectivity index (χ4n) is 2.62. The summed E-state index contributed by atoms with van der Waals surface area (Å²) in [6.07, 6.45) is 4.60. The van der Waals surface area contributed by atoms with Gasteiger partial charge in [0.1, 0.15) is 0 Å². The predicted molar refractivity (Wildman–Crippen MR) is 76.9 cm³/mol. The maximum absolute atomic E-state index is 12.6. The minimum absolute atomic E-state index is 0.0835. The van der Waals surface area contributed by atoms with E-state index in [2.05, 4.69) is 9.97 Å². The maximum atomic E-state index is 12.6. The van der Waals surface area contributed by atoms with Crippen molar-refractivity contribution >= 4 is 40.2 Å². The molecule has 1 aromatic heterocycles. The van der Waals surface area contributed by atoms with Gasteiger partial charge in [-0.3, -0.25) is 19.2 Å². The molecule has 0 atom stereocenters. The summed E-state index contributed by atoms with van der Waals surface area (Å²) in [7, 11) is 0. The smallest absolute Gasteiger partial charge is 0.281 e. The van der Waals surface area contributed by atoms with E-state index in [9.17, 15) is 19.2 Å². The molecular formula is C15H8N4O4. The molecule has 2 aliphatic rings. The summed E-state index contributed by atoms with van der Waals surface area (Å²) >= 11 is 0. The Bertz CT molecular complexity index is 951. The minimum Gasteiger partial charge on any atom is -0.345 e. The summed E-state index contributed by atoms with van der Waals surface area (Å²) in [4.78, 5) is 55.2. The average molecular weight is 308 g/mol. The summed E-state index contributed by atoms with van der Waals surface area (Å²) in [5.41, 5.74) is 1.77. The van der Waals surface area contributed by atoms with Crippen molar-refractivity contribution in [3.63, 3.8) is 0 Å². The van der Waals surface area contributed by atoms with Crippen LogP contribution in [0.4, 0.5) is 0 Å². The fraction of sp³-hybridized carbons (Fsp3) is 0. The number of rotatable bonds is 2. The van der Waals surface area contributed by atoms with E-state index in [0.29, 0.717) is 26.6 Å². The highest BCUT2D eigenvalue weighted by atomic mass is 16.2. The maximum Gasteiger partial charge on any atom is 0.281 e. The van der Waals surface area contributed by atoms with Crippen molar-refractivity contribution in [3.8, 4) is 0 Å². The first-order chi connectivity index (χ1) is 11.1. The zero-order chi connectivity index (χ0) is 16.1. The van der Waals surface area contributed by atoms with Crippen molar-refractivity contribution in [1.82, 2.24) is 20.0 Å². The molecule has 0 unspecified atom stereocenters. The number of nitrogens with one attached hydrogen (secondary N) is 1. The van der Waals surface area contributed by atoms with E-state index in [1.165, 1.54) is 6.33 Å². The van der Waals surface area contributed by atoms with E-state index in [0.717, 1.165) is 18.2 Å². The molecule has 2 aliphatic heterocycles. The first kappa shape index (κ1) is 13.1. The molecule has 0 saturated carbocycles. The Hall–Kier alpha value is -3.55. The van der Waals surface area contributed by atoms with Crippen LogP contribution in [-0.2, 0) is 19.2 Å². The molecule has 8 nitrogen and oxygen atoms in total. The van der Waals surface area contributed by atoms with E-state index in [1.54, 1.807) is 18.2 Å². The molecule has 112 valence electrons. The molecule has 4 amide bonds. The minimum atomic E-state index is -0.747. The van der Waals surface area contributed by atoms with Gasteiger partial charge in [0.25, 0.3) is 23.6 Å². The normalized spacial score (nSPS) is 17.8. The van der Waals surface area contributed by atoms with Gasteiger partial charge in [-0.15, -0.1) is 0 Å². The number of hydrazine groups is 1. The van der Waals surface area contributed by atoms with Gasteiger partial charge >= 0.3 is 0 Å². The van der Waals surface area contributed by atoms with Gasteiger partial charge in [0.05, 0.1) is 22.9 Å². The quantitative estimate of drug-likeness (QED) is 0.796. The standard InChI is InChI=1S/C15H8N4O4/c20-11-4-5-12(21)18(11)19-13(22)6-9(15(19)23)8-2-1-3-10-14(8)17-7-16-10/h1-7H,(H,16,17). The lowest BCUT2D eigenvalue weighted by Crippen LogP contribution is -2.50. The van der Waals surface area contributed by atoms with E-state index >= 15 is 0 Å². The van der Waals surface area contributed by atoms with Crippen LogP contribution in [0.25, 0.3) is 16.6 Å². The van der Waals surface area contributed by atoms with Crippen molar-refractivity contribution in [2.24, 2.45) is 0 Å². The molecule has 23 heavy (non-hydrogen) atoms. The highest BCUT2D eigenvalue weighted by Gasteiger charge is 2.42. The third-order valence-electron chi connectivity index (χ3n) is 3.63. The number of para-hydroxylation sites is 1. The van der Waals surface area contributed by atoms with Crippen molar-refractivity contribution in [2.45, 2.75) is 0 Å². The Morgan fingerprint density at radius 1 is 0.913 bits per heavy atom. The number of carbonyl (C=O) groups is 4. The van der Waals surface area contributed by atoms with Crippen LogP contribution < -0.4 is 0 Å². The first-order valence-corrected chi connectivity index (χ1v) is 6.66. The Balaban J connectivity index is 1.78. The number of hydrogen-bond acceptors (Lipinski definition) is 5. The van der Waals surface area contributed by atoms with E-state index in [1.807, 2.05) is 0 Å². The Kier molecular flexibility index (Phi) is 2.55. The molecule has 2 aromatic rings. The van der Waals surface area contributed by atoms with Crippen LogP contribution in [-0.4, -0.2) is 43.6 Å². The number of amides is 4. The van der Waals surface area contributed by atoms with Crippen molar-refractivity contribution in [1.29, 1.82) is 0 Å². The largest absolute Gasteiger partial charge is 0.345 e. The van der Waals surface area contributed by atoms with Crippen LogP contribution in [0.1, 0.15) is 5.56 Å². The highest BCUT2D eigenvalue weighted by molar-refractivity contribution is 6.36. The number of carbonyl (C=O) groups excluding carboxylic acids is 4. The highest BCUT2D eigenvalue weighted by Crippen LogP contribution is 2.29. The van der Waals surface area contributed by atoms with Gasteiger partial charge in [0.2, 0.25) is 0 Å². The van der Waals surface area contributed by atoms with Gasteiger partial charge in [-0.05, 0) is 6.07 Å². The molecule has 1 aromatic carbocycles. The second-order valence-electron chi connectivity index (χ2n) is 4.94. The Morgan fingerprint density at radius 2 is 1.65 bits per heavy atom. The van der Waals surface area contributed by atoms with Gasteiger partial charge in [0.15, 0.2) is 0 Å². The van der Waals surface area contributed by atoms with Gasteiger partial charge in [-0.1, -0.05) is 12.1 Å². The lowest BCUT2D eigenvalue weighted by Gasteiger charge is -2.23. The summed E-state index contributed by atoms with van der Waals surface area (Å²) in [5.74, 6) is -2.95. The van der Waals surface area contributed by atoms with Gasteiger partial charge in [-0.25, -0.2) is 4.98 Å². The molecular weight excluding hydrogens is 300 g/mol. The molecule has 4 rings (SSSR count). The first-order valence-electron chi connectivity index (χ1n) is 6.66. The van der Waals surface area contributed by atoms with E-state index in [4.69, 9.17) is 0 Å². The van der Waals surface area contributed by atoms with Crippen molar-refractivity contribution in [3.05, 3.63) is 48.3 Å². The Labute approximate surface area is 128 Å². The molecule has 0 saturated heterocycles. The van der Waals surface area contributed by atoms with Gasteiger partial charge in [-0.2, -0.15) is 10.0 Å². The number of aromatic nitrogens is 2. The summed E-state index contributed by atoms with van der Waals surface area (Å²) in [5, 5.41) is 1.07. The lowest BCUT2D eigenvalue weighted by molar-refractivity contribution is -0.169. The number of fused-ring (bicyclic) bond motifs is 1. The number of aromatic amines is 1. The average Bonchev–Trinajstić information content (AvgIpc) is 3.20. The second kappa shape index (κ2) is 4.47. The molecule has 1 N–H and O–H groups in total. The molecule has 0 aliphatic carbocycles. The zero-order valence-corrected chi connectivity index (χ0v) is 11.5. The van der Waals surface area contributed by atoms with Gasteiger partial charge in [0, 0.05) is 23.8 Å².